The van der Waals surface area contributed by atoms with Gasteiger partial charge in [0.15, 0.2) is 0 Å². The zero-order valence-corrected chi connectivity index (χ0v) is 40.1. The molecule has 0 spiro atoms. The maximum atomic E-state index is 13.8. The quantitative estimate of drug-likeness (QED) is 0.0647. The van der Waals surface area contributed by atoms with Crippen LogP contribution in [0.25, 0.3) is 10.8 Å². The molecule has 1 heterocycles. The standard InChI is InChI=1S/C51H73N9O10/c61-45(62)21-20-43(50(68)69)59-51(70)58-42(49(66)67)9-3-4-25-55-48(65)44(32-37-14-15-38-7-1-2-8-41(38)31-37)57-47(64)40-16-10-35(11-17-40)33-56-46(63)39-18-12-36(13-19-39)34-60-29-6-24-53-27-26-52-22-5-23-54-28-30-60/h1-2,7-8,12-15,18-19,31,35,40,42-44,52-54H,3-6,9-11,16-17,20-30,32-34H2,(H,55,65)(H,56,63)(H,57,64)(H,61,62)(H,66,67)(H,68,69)(H2,58,59,70)/t35?,40?,42-,43-,44-/m0/s1. The number of carbonyl (C=O) groups is 7. The van der Waals surface area contributed by atoms with Gasteiger partial charge in [0.2, 0.25) is 11.8 Å². The third kappa shape index (κ3) is 19.7. The Morgan fingerprint density at radius 1 is 0.629 bits per heavy atom. The van der Waals surface area contributed by atoms with Crippen molar-refractivity contribution in [3.8, 4) is 0 Å². The Morgan fingerprint density at radius 2 is 1.27 bits per heavy atom. The summed E-state index contributed by atoms with van der Waals surface area (Å²) in [5, 5.41) is 53.8. The molecule has 382 valence electrons. The van der Waals surface area contributed by atoms with E-state index in [1.165, 1.54) is 0 Å². The largest absolute Gasteiger partial charge is 0.481 e. The summed E-state index contributed by atoms with van der Waals surface area (Å²) >= 11 is 0. The monoisotopic (exact) mass is 972 g/mol. The molecule has 70 heavy (non-hydrogen) atoms. The summed E-state index contributed by atoms with van der Waals surface area (Å²) < 4.78 is 0. The minimum Gasteiger partial charge on any atom is -0.481 e. The molecule has 3 aromatic rings. The van der Waals surface area contributed by atoms with Crippen molar-refractivity contribution in [3.63, 3.8) is 0 Å². The van der Waals surface area contributed by atoms with Crippen LogP contribution in [0.4, 0.5) is 4.79 Å². The van der Waals surface area contributed by atoms with Gasteiger partial charge >= 0.3 is 23.9 Å². The zero-order valence-electron chi connectivity index (χ0n) is 40.1. The second kappa shape index (κ2) is 29.8. The molecule has 2 fully saturated rings. The maximum absolute atomic E-state index is 13.8. The summed E-state index contributed by atoms with van der Waals surface area (Å²) in [7, 11) is 0. The fourth-order valence-corrected chi connectivity index (χ4v) is 8.86. The Bertz CT molecular complexity index is 2150. The van der Waals surface area contributed by atoms with Crippen LogP contribution in [0, 0.1) is 11.8 Å². The normalized spacial score (nSPS) is 18.7. The van der Waals surface area contributed by atoms with Crippen LogP contribution in [0.3, 0.4) is 0 Å². The van der Waals surface area contributed by atoms with Crippen molar-refractivity contribution < 1.29 is 48.9 Å². The second-order valence-electron chi connectivity index (χ2n) is 18.4. The summed E-state index contributed by atoms with van der Waals surface area (Å²) in [6.07, 6.45) is 4.80. The first-order valence-corrected chi connectivity index (χ1v) is 24.9. The van der Waals surface area contributed by atoms with E-state index >= 15 is 0 Å². The lowest BCUT2D eigenvalue weighted by molar-refractivity contribution is -0.141. The SMILES string of the molecule is O=C(O)CC[C@H](NC(=O)N[C@@H](CCCCNC(=O)[C@H](Cc1ccc2ccccc2c1)NC(=O)C1CCC(CNC(=O)c2ccc(CN3CCCNCCNCCCNCC3)cc2)CC1)C(=O)O)C(=O)O. The first-order chi connectivity index (χ1) is 33.8. The van der Waals surface area contributed by atoms with Crippen LogP contribution in [-0.4, -0.2) is 145 Å². The molecule has 0 bridgehead atoms. The van der Waals surface area contributed by atoms with Gasteiger partial charge in [0.25, 0.3) is 5.91 Å². The number of carboxylic acids is 3. The van der Waals surface area contributed by atoms with Gasteiger partial charge in [0, 0.05) is 70.1 Å². The third-order valence-electron chi connectivity index (χ3n) is 13.0. The number of hydrogen-bond donors (Lipinski definition) is 11. The maximum Gasteiger partial charge on any atom is 0.326 e. The highest BCUT2D eigenvalue weighted by Gasteiger charge is 2.30. The third-order valence-corrected chi connectivity index (χ3v) is 13.0. The molecule has 5 rings (SSSR count). The van der Waals surface area contributed by atoms with Gasteiger partial charge < -0.3 is 57.9 Å². The highest BCUT2D eigenvalue weighted by atomic mass is 16.4. The first kappa shape index (κ1) is 54.8. The van der Waals surface area contributed by atoms with Gasteiger partial charge in [-0.3, -0.25) is 24.1 Å². The molecule has 1 aliphatic heterocycles. The lowest BCUT2D eigenvalue weighted by Gasteiger charge is -2.29. The van der Waals surface area contributed by atoms with E-state index in [0.717, 1.165) is 106 Å². The van der Waals surface area contributed by atoms with E-state index < -0.39 is 54.4 Å². The molecule has 1 aliphatic carbocycles. The van der Waals surface area contributed by atoms with Gasteiger partial charge in [-0.1, -0.05) is 54.6 Å². The number of rotatable bonds is 22. The minimum atomic E-state index is -1.52. The van der Waals surface area contributed by atoms with E-state index in [2.05, 4.69) is 47.4 Å². The number of aliphatic carboxylic acids is 3. The van der Waals surface area contributed by atoms with Crippen molar-refractivity contribution >= 4 is 52.4 Å². The highest BCUT2D eigenvalue weighted by molar-refractivity contribution is 5.94. The Balaban J connectivity index is 1.07. The number of unbranched alkanes of at least 4 members (excludes halogenated alkanes) is 1. The molecule has 11 N–H and O–H groups in total. The summed E-state index contributed by atoms with van der Waals surface area (Å²) in [5.74, 6) is -4.87. The predicted octanol–water partition coefficient (Wildman–Crippen LogP) is 2.83. The number of nitrogens with one attached hydrogen (secondary N) is 8. The lowest BCUT2D eigenvalue weighted by atomic mass is 9.81. The van der Waals surface area contributed by atoms with E-state index in [1.807, 2.05) is 66.7 Å². The van der Waals surface area contributed by atoms with Crippen molar-refractivity contribution in [2.75, 3.05) is 65.4 Å². The van der Waals surface area contributed by atoms with E-state index in [-0.39, 0.29) is 55.9 Å². The van der Waals surface area contributed by atoms with Crippen LogP contribution in [-0.2, 0) is 36.9 Å². The number of benzene rings is 3. The van der Waals surface area contributed by atoms with Crippen molar-refractivity contribution in [3.05, 3.63) is 83.4 Å². The smallest absolute Gasteiger partial charge is 0.326 e. The molecule has 0 unspecified atom stereocenters. The predicted molar refractivity (Wildman–Crippen MR) is 265 cm³/mol. The topological polar surface area (TPSA) is 280 Å². The Morgan fingerprint density at radius 3 is 1.96 bits per heavy atom. The van der Waals surface area contributed by atoms with E-state index in [4.69, 9.17) is 5.11 Å². The van der Waals surface area contributed by atoms with Gasteiger partial charge in [0.05, 0.1) is 0 Å². The van der Waals surface area contributed by atoms with Gasteiger partial charge in [-0.2, -0.15) is 0 Å². The average Bonchev–Trinajstić information content (AvgIpc) is 3.34. The number of carbonyl (C=O) groups excluding carboxylic acids is 4. The minimum absolute atomic E-state index is 0.0309. The molecule has 5 amide bonds. The first-order valence-electron chi connectivity index (χ1n) is 24.9. The van der Waals surface area contributed by atoms with Gasteiger partial charge in [-0.05, 0) is 130 Å². The van der Waals surface area contributed by atoms with Crippen LogP contribution >= 0.6 is 0 Å². The molecule has 19 heteroatoms. The van der Waals surface area contributed by atoms with Crippen molar-refractivity contribution in [1.29, 1.82) is 0 Å². The number of fused-ring (bicyclic) bond motifs is 1. The number of nitrogens with zero attached hydrogens (tertiary/aromatic N) is 1. The number of urea groups is 1. The van der Waals surface area contributed by atoms with Crippen LogP contribution in [0.15, 0.2) is 66.7 Å². The summed E-state index contributed by atoms with van der Waals surface area (Å²) in [4.78, 5) is 89.8. The molecule has 3 atom stereocenters. The van der Waals surface area contributed by atoms with Crippen molar-refractivity contribution in [2.45, 2.75) is 102 Å². The van der Waals surface area contributed by atoms with Crippen molar-refractivity contribution in [2.24, 2.45) is 11.8 Å². The Hall–Kier alpha value is -6.15. The van der Waals surface area contributed by atoms with Crippen LogP contribution in [0.5, 0.6) is 0 Å². The van der Waals surface area contributed by atoms with Crippen LogP contribution < -0.4 is 42.5 Å². The van der Waals surface area contributed by atoms with E-state index in [0.29, 0.717) is 31.4 Å². The molecule has 2 aliphatic rings. The van der Waals surface area contributed by atoms with Crippen LogP contribution in [0.2, 0.25) is 0 Å². The molecule has 3 aromatic carbocycles. The summed E-state index contributed by atoms with van der Waals surface area (Å²) in [6.45, 7) is 9.30. The number of hydrogen-bond acceptors (Lipinski definition) is 11. The summed E-state index contributed by atoms with van der Waals surface area (Å²) in [6, 6.07) is 16.8. The van der Waals surface area contributed by atoms with Gasteiger partial charge in [-0.15, -0.1) is 0 Å². The second-order valence-corrected chi connectivity index (χ2v) is 18.4. The van der Waals surface area contributed by atoms with Crippen LogP contribution in [0.1, 0.15) is 92.1 Å². The Labute approximate surface area is 410 Å². The number of carboxylic acid groups (broad SMARTS) is 3. The van der Waals surface area contributed by atoms with E-state index in [1.54, 1.807) is 0 Å². The van der Waals surface area contributed by atoms with Crippen molar-refractivity contribution in [1.82, 2.24) is 47.4 Å². The Kier molecular flexibility index (Phi) is 23.3. The van der Waals surface area contributed by atoms with Gasteiger partial charge in [0.1, 0.15) is 18.1 Å². The molecule has 0 radical (unpaired) electrons. The summed E-state index contributed by atoms with van der Waals surface area (Å²) in [5.41, 5.74) is 2.63. The number of amides is 5. The zero-order chi connectivity index (χ0) is 50.1. The average molecular weight is 972 g/mol. The molecule has 1 saturated heterocycles. The molecule has 0 aromatic heterocycles. The molecular weight excluding hydrogens is 899 g/mol. The molecule has 19 nitrogen and oxygen atoms in total. The fraction of sp³-hybridized carbons (Fsp3) is 0.549. The lowest BCUT2D eigenvalue weighted by Crippen LogP contribution is -2.51. The van der Waals surface area contributed by atoms with E-state index in [9.17, 15) is 43.8 Å². The van der Waals surface area contributed by atoms with Gasteiger partial charge in [-0.25, -0.2) is 14.4 Å². The highest BCUT2D eigenvalue weighted by Crippen LogP contribution is 2.29. The fourth-order valence-electron chi connectivity index (χ4n) is 8.86. The molecular formula is C51H73N9O10. The molecule has 1 saturated carbocycles.